The molecule has 4 unspecified atom stereocenters. The van der Waals surface area contributed by atoms with E-state index < -0.39 is 32.9 Å². The lowest BCUT2D eigenvalue weighted by atomic mass is 9.82. The number of para-hydroxylation sites is 1. The smallest absolute Gasteiger partial charge is 0.158 e. The van der Waals surface area contributed by atoms with Crippen LogP contribution in [0, 0.1) is 5.41 Å². The largest absolute Gasteiger partial charge is 0.410 e. The molecule has 0 bridgehead atoms. The number of rotatable bonds is 12. The van der Waals surface area contributed by atoms with Crippen LogP contribution in [-0.4, -0.2) is 50.1 Å². The van der Waals surface area contributed by atoms with Crippen molar-refractivity contribution in [3.63, 3.8) is 0 Å². The molecule has 9 aromatic carbocycles. The minimum absolute atomic E-state index is 0.129. The minimum atomic E-state index is -1.81. The van der Waals surface area contributed by atoms with Crippen LogP contribution in [0.15, 0.2) is 198 Å². The molecule has 4 aliphatic carbocycles. The molecule has 17 rings (SSSR count). The molecule has 0 spiro atoms. The number of thiophene rings is 4. The van der Waals surface area contributed by atoms with Gasteiger partial charge in [-0.3, -0.25) is 0 Å². The third kappa shape index (κ3) is 14.7. The maximum atomic E-state index is 4.21. The molecule has 4 aromatic heterocycles. The first-order valence-electron chi connectivity index (χ1n) is 39.9. The maximum Gasteiger partial charge on any atom is 0.158 e. The van der Waals surface area contributed by atoms with Crippen molar-refractivity contribution in [2.24, 2.45) is 5.41 Å². The number of allylic oxidation sites excluding steroid dienone is 8. The lowest BCUT2D eigenvalue weighted by molar-refractivity contribution is 0.267. The zero-order chi connectivity index (χ0) is 78.3. The fraction of sp³-hybridized carbons (Fsp3) is 0.361. The van der Waals surface area contributed by atoms with Crippen LogP contribution < -0.4 is 19.9 Å². The van der Waals surface area contributed by atoms with Gasteiger partial charge in [0.1, 0.15) is 24.7 Å². The van der Waals surface area contributed by atoms with Crippen molar-refractivity contribution in [3.8, 4) is 0 Å². The molecular weight excluding hydrogens is 1460 g/mol. The van der Waals surface area contributed by atoms with Gasteiger partial charge in [0.15, 0.2) is 8.24 Å². The Bertz CT molecular complexity index is 5890. The quantitative estimate of drug-likeness (QED) is 0.0921. The van der Waals surface area contributed by atoms with Crippen LogP contribution in [-0.2, 0) is 0 Å². The average Bonchev–Trinajstić information content (AvgIpc) is 1.59. The van der Waals surface area contributed by atoms with E-state index in [-0.39, 0.29) is 11.1 Å². The summed E-state index contributed by atoms with van der Waals surface area (Å²) in [5.41, 5.74) is 28.4. The Hall–Kier alpha value is -6.63. The fourth-order valence-electron chi connectivity index (χ4n) is 21.4. The van der Waals surface area contributed by atoms with E-state index in [2.05, 4.69) is 373 Å². The molecule has 0 radical (unpaired) electrons. The summed E-state index contributed by atoms with van der Waals surface area (Å²) in [6.45, 7) is 62.0. The van der Waals surface area contributed by atoms with Crippen LogP contribution in [0.3, 0.4) is 0 Å². The van der Waals surface area contributed by atoms with E-state index in [1.165, 1.54) is 148 Å². The number of benzene rings is 9. The zero-order valence-corrected chi connectivity index (χ0v) is 77.2. The van der Waals surface area contributed by atoms with Crippen molar-refractivity contribution in [3.05, 3.63) is 243 Å². The molecule has 566 valence electrons. The summed E-state index contributed by atoms with van der Waals surface area (Å²) in [6, 6.07) is 65.8. The molecule has 4 nitrogen and oxygen atoms in total. The molecule has 0 saturated carbocycles. The molecule has 109 heavy (non-hydrogen) atoms. The van der Waals surface area contributed by atoms with Crippen molar-refractivity contribution in [2.75, 3.05) is 4.98 Å². The van der Waals surface area contributed by atoms with Gasteiger partial charge in [0, 0.05) is 120 Å². The molecule has 4 atom stereocenters. The Balaban J connectivity index is 0.000000122. The Labute approximate surface area is 672 Å². The van der Waals surface area contributed by atoms with Crippen molar-refractivity contribution in [1.82, 2.24) is 14.9 Å². The summed E-state index contributed by atoms with van der Waals surface area (Å²) < 4.78 is 11.2. The maximum absolute atomic E-state index is 4.21. The summed E-state index contributed by atoms with van der Waals surface area (Å²) >= 11 is 7.69. The molecule has 4 heterocycles. The predicted molar refractivity (Wildman–Crippen MR) is 504 cm³/mol. The monoisotopic (exact) mass is 1580 g/mol. The number of nitrogens with one attached hydrogen (secondary N) is 4. The highest BCUT2D eigenvalue weighted by atomic mass is 32.1. The minimum Gasteiger partial charge on any atom is -0.410 e. The van der Waals surface area contributed by atoms with Crippen LogP contribution in [0.25, 0.3) is 103 Å². The Morgan fingerprint density at radius 3 is 0.890 bits per heavy atom. The molecule has 0 saturated heterocycles. The van der Waals surface area contributed by atoms with Crippen molar-refractivity contribution in [1.29, 1.82) is 0 Å². The van der Waals surface area contributed by atoms with Gasteiger partial charge in [-0.15, -0.1) is 45.3 Å². The van der Waals surface area contributed by atoms with Gasteiger partial charge < -0.3 is 19.9 Å². The normalized spacial score (nSPS) is 17.7. The van der Waals surface area contributed by atoms with Crippen molar-refractivity contribution >= 4 is 187 Å². The van der Waals surface area contributed by atoms with E-state index in [0.717, 1.165) is 0 Å². The first-order valence-corrected chi connectivity index (χ1v) is 55.4. The third-order valence-electron chi connectivity index (χ3n) is 24.3. The number of anilines is 1. The zero-order valence-electron chi connectivity index (χ0n) is 70.0. The lowest BCUT2D eigenvalue weighted by Crippen LogP contribution is -2.60. The molecule has 0 aliphatic heterocycles. The highest BCUT2D eigenvalue weighted by Crippen LogP contribution is 2.56. The van der Waals surface area contributed by atoms with Crippen molar-refractivity contribution in [2.45, 2.75) is 223 Å². The number of fused-ring (bicyclic) bond motifs is 20. The van der Waals surface area contributed by atoms with Gasteiger partial charge in [-0.1, -0.05) is 225 Å². The van der Waals surface area contributed by atoms with E-state index in [4.69, 9.17) is 0 Å². The molecule has 0 fully saturated rings. The van der Waals surface area contributed by atoms with Gasteiger partial charge in [0.25, 0.3) is 0 Å². The average molecular weight is 1580 g/mol. The van der Waals surface area contributed by atoms with Crippen LogP contribution in [0.1, 0.15) is 198 Å². The SMILES string of the molecule is CC1=C(C)C([Si](C)(C)NC(C)(C)C)c2ccc3sc4ccccc4c3c21.CC1=C(C)C([Si](C)(C)NC(C)(C)CC(C)(C)C)c2ccc3sc4ccccc4c3c21.CC1=C(C)C([Si](C)(C)NC(C)C)c2ccc3sc4ccccc4c3c21.CC1=C(C)C([Si](C)(C)Nc2ccccc2)c2ccc3sc4ccccc4c3c21. The fourth-order valence-corrected chi connectivity index (χ4v) is 41.9. The predicted octanol–water partition coefficient (Wildman–Crippen LogP) is 30.1. The van der Waals surface area contributed by atoms with Crippen LogP contribution in [0.5, 0.6) is 0 Å². The van der Waals surface area contributed by atoms with Crippen LogP contribution in [0.2, 0.25) is 52.4 Å². The Morgan fingerprint density at radius 2 is 0.596 bits per heavy atom. The second-order valence-corrected chi connectivity index (χ2v) is 59.2. The molecule has 4 N–H and O–H groups in total. The molecular formula is C97H118N4S4Si4. The first-order chi connectivity index (χ1) is 51.2. The van der Waals surface area contributed by atoms with Crippen LogP contribution in [0.4, 0.5) is 5.69 Å². The molecule has 0 amide bonds. The standard InChI is InChI=1S/C27H37NSSi.C25H25NSSi.C23H29NSSi.C22H27NSSi/c1-17-18(2)25(30(8,9)28-27(6,7)16-26(3,4)5)20-14-15-22-24(23(17)20)19-12-10-11-13-21(19)29-22;1-16-17(2)25(28(3,4)26-18-10-6-5-7-11-18)20-14-15-22-24(23(16)20)19-12-8-9-13-21(19)27-22;1-14-15(2)22(26(6,7)24-23(3,4)5)17-12-13-19-21(20(14)17)16-10-8-9-11-18(16)25-19;1-13(2)23-25(5,6)22-15(4)14(3)20-17(22)11-12-19-21(20)16-9-7-8-10-18(16)24-19/h10-15,25,28H,16H2,1-9H3;5-15,25-26H,1-4H3;8-13,22,24H,1-7H3;7-13,22-23H,1-6H3. The van der Waals surface area contributed by atoms with Gasteiger partial charge in [0.2, 0.25) is 0 Å². The van der Waals surface area contributed by atoms with E-state index >= 15 is 0 Å². The molecule has 13 aromatic rings. The summed E-state index contributed by atoms with van der Waals surface area (Å²) in [7, 11) is -6.94. The van der Waals surface area contributed by atoms with Gasteiger partial charge in [-0.05, 0) is 235 Å². The molecule has 4 aliphatic rings. The van der Waals surface area contributed by atoms with Crippen LogP contribution >= 0.6 is 45.3 Å². The Morgan fingerprint density at radius 1 is 0.321 bits per heavy atom. The van der Waals surface area contributed by atoms with Gasteiger partial charge in [-0.25, -0.2) is 0 Å². The van der Waals surface area contributed by atoms with E-state index in [9.17, 15) is 0 Å². The van der Waals surface area contributed by atoms with Crippen molar-refractivity contribution < 1.29 is 0 Å². The van der Waals surface area contributed by atoms with E-state index in [0.29, 0.717) is 33.6 Å². The highest BCUT2D eigenvalue weighted by Gasteiger charge is 2.47. The second kappa shape index (κ2) is 29.1. The molecule has 12 heteroatoms. The summed E-state index contributed by atoms with van der Waals surface area (Å²) in [5.74, 6) is 0. The first kappa shape index (κ1) is 79.0. The summed E-state index contributed by atoms with van der Waals surface area (Å²) in [4.78, 5) is 16.1. The highest BCUT2D eigenvalue weighted by molar-refractivity contribution is 7.27. The van der Waals surface area contributed by atoms with Gasteiger partial charge in [-0.2, -0.15) is 0 Å². The summed E-state index contributed by atoms with van der Waals surface area (Å²) in [6.07, 6.45) is 1.17. The Kier molecular flexibility index (Phi) is 21.1. The van der Waals surface area contributed by atoms with Gasteiger partial charge >= 0.3 is 0 Å². The van der Waals surface area contributed by atoms with E-state index in [1.807, 2.05) is 45.3 Å². The second-order valence-electron chi connectivity index (χ2n) is 37.8. The number of hydrogen-bond donors (Lipinski definition) is 4. The van der Waals surface area contributed by atoms with Gasteiger partial charge in [0.05, 0.1) is 0 Å². The third-order valence-corrected chi connectivity index (χ3v) is 42.5. The topological polar surface area (TPSA) is 48.1 Å². The van der Waals surface area contributed by atoms with E-state index in [1.54, 1.807) is 33.4 Å². The summed E-state index contributed by atoms with van der Waals surface area (Å²) in [5, 5.41) is 11.6. The lowest BCUT2D eigenvalue weighted by Gasteiger charge is -2.43. The number of hydrogen-bond acceptors (Lipinski definition) is 8.